The number of halogens is 1. The lowest BCUT2D eigenvalue weighted by atomic mass is 9.77. The molecule has 3 atom stereocenters. The molecule has 0 bridgehead atoms. The average molecular weight is 882 g/mol. The second kappa shape index (κ2) is 23.9. The van der Waals surface area contributed by atoms with Crippen LogP contribution in [0, 0.1) is 11.7 Å². The van der Waals surface area contributed by atoms with Crippen molar-refractivity contribution in [3.63, 3.8) is 0 Å². The molecule has 1 saturated carbocycles. The predicted octanol–water partition coefficient (Wildman–Crippen LogP) is 9.43. The van der Waals surface area contributed by atoms with Gasteiger partial charge in [-0.1, -0.05) is 164 Å². The Labute approximate surface area is 379 Å². The summed E-state index contributed by atoms with van der Waals surface area (Å²) in [5.41, 5.74) is 2.96. The topological polar surface area (TPSA) is 131 Å². The van der Waals surface area contributed by atoms with Gasteiger partial charge < -0.3 is 20.7 Å². The molecule has 0 spiro atoms. The molecule has 3 N–H and O–H groups in total. The van der Waals surface area contributed by atoms with Gasteiger partial charge in [0.15, 0.2) is 5.78 Å². The van der Waals surface area contributed by atoms with Crippen LogP contribution in [0.1, 0.15) is 79.7 Å². The minimum absolute atomic E-state index is 0.0578. The van der Waals surface area contributed by atoms with Gasteiger partial charge in [-0.2, -0.15) is 0 Å². The number of Topliss-reactive ketones (excluding diaryl/α,β-unsaturated/α-hetero) is 1. The van der Waals surface area contributed by atoms with Gasteiger partial charge in [0.2, 0.25) is 11.8 Å². The van der Waals surface area contributed by atoms with Crippen molar-refractivity contribution in [3.8, 4) is 0 Å². The SMILES string of the molecule is CCOC(=O)/C=C/[C@H](CCC(=O)NC(c1ccccc1)(c1ccccc1)c1ccccc1)NC(=O)[C@@H](CC(=O)[C@H](Cc1ccccc1)NC(=O)SC1CCCC1)Cc1ccc(F)cc1. The zero-order chi connectivity index (χ0) is 45.2. The summed E-state index contributed by atoms with van der Waals surface area (Å²) in [6, 6.07) is 42.5. The van der Waals surface area contributed by atoms with E-state index in [2.05, 4.69) is 16.0 Å². The van der Waals surface area contributed by atoms with Crippen LogP contribution >= 0.6 is 11.8 Å². The smallest absolute Gasteiger partial charge is 0.330 e. The van der Waals surface area contributed by atoms with Crippen LogP contribution in [0.4, 0.5) is 9.18 Å². The van der Waals surface area contributed by atoms with Crippen LogP contribution in [-0.2, 0) is 42.3 Å². The lowest BCUT2D eigenvalue weighted by molar-refractivity contribution is -0.137. The summed E-state index contributed by atoms with van der Waals surface area (Å²) in [4.78, 5) is 69.1. The zero-order valence-corrected chi connectivity index (χ0v) is 36.9. The number of amides is 3. The summed E-state index contributed by atoms with van der Waals surface area (Å²) in [6.45, 7) is 1.83. The third-order valence-electron chi connectivity index (χ3n) is 11.5. The third kappa shape index (κ3) is 13.6. The van der Waals surface area contributed by atoms with Crippen LogP contribution in [-0.4, -0.2) is 52.7 Å². The van der Waals surface area contributed by atoms with Crippen molar-refractivity contribution in [3.05, 3.63) is 191 Å². The number of benzene rings is 5. The highest BCUT2D eigenvalue weighted by molar-refractivity contribution is 8.14. The number of ether oxygens (including phenoxy) is 1. The van der Waals surface area contributed by atoms with Crippen molar-refractivity contribution >= 4 is 40.6 Å². The number of thioether (sulfide) groups is 1. The van der Waals surface area contributed by atoms with Crippen LogP contribution in [0.15, 0.2) is 158 Å². The molecule has 3 amide bonds. The van der Waals surface area contributed by atoms with Crippen molar-refractivity contribution in [2.45, 2.75) is 87.6 Å². The maximum atomic E-state index is 14.5. The first-order chi connectivity index (χ1) is 31.1. The normalized spacial score (nSPS) is 14.3. The molecule has 64 heavy (non-hydrogen) atoms. The number of hydrogen-bond acceptors (Lipinski definition) is 7. The molecule has 0 unspecified atom stereocenters. The summed E-state index contributed by atoms with van der Waals surface area (Å²) in [6.07, 6.45) is 6.84. The number of hydrogen-bond donors (Lipinski definition) is 3. The summed E-state index contributed by atoms with van der Waals surface area (Å²) >= 11 is 1.22. The number of rotatable bonds is 21. The van der Waals surface area contributed by atoms with E-state index in [1.54, 1.807) is 19.1 Å². The minimum Gasteiger partial charge on any atom is -0.463 e. The fraction of sp³-hybridized carbons (Fsp3) is 0.302. The molecule has 1 fully saturated rings. The van der Waals surface area contributed by atoms with Crippen molar-refractivity contribution < 1.29 is 33.1 Å². The molecule has 0 aliphatic heterocycles. The highest BCUT2D eigenvalue weighted by atomic mass is 32.2. The average Bonchev–Trinajstić information content (AvgIpc) is 3.83. The van der Waals surface area contributed by atoms with Crippen molar-refractivity contribution in [1.29, 1.82) is 0 Å². The van der Waals surface area contributed by atoms with Gasteiger partial charge in [0.05, 0.1) is 12.6 Å². The van der Waals surface area contributed by atoms with Crippen LogP contribution in [0.2, 0.25) is 0 Å². The first kappa shape index (κ1) is 47.2. The van der Waals surface area contributed by atoms with Crippen LogP contribution in [0.5, 0.6) is 0 Å². The van der Waals surface area contributed by atoms with Gasteiger partial charge >= 0.3 is 5.97 Å². The molecule has 0 aromatic heterocycles. The van der Waals surface area contributed by atoms with Crippen molar-refractivity contribution in [2.75, 3.05) is 6.61 Å². The molecule has 0 radical (unpaired) electrons. The Kier molecular flexibility index (Phi) is 17.6. The molecule has 1 aliphatic carbocycles. The number of carbonyl (C=O) groups is 5. The van der Waals surface area contributed by atoms with Gasteiger partial charge in [0, 0.05) is 36.1 Å². The Morgan fingerprint density at radius 1 is 0.719 bits per heavy atom. The summed E-state index contributed by atoms with van der Waals surface area (Å²) in [5, 5.41) is 9.24. The highest BCUT2D eigenvalue weighted by Gasteiger charge is 2.38. The number of ketones is 1. The van der Waals surface area contributed by atoms with E-state index in [4.69, 9.17) is 4.74 Å². The number of carbonyl (C=O) groups excluding carboxylic acids is 5. The molecule has 5 aromatic rings. The maximum absolute atomic E-state index is 14.5. The number of nitrogens with one attached hydrogen (secondary N) is 3. The largest absolute Gasteiger partial charge is 0.463 e. The Morgan fingerprint density at radius 3 is 1.80 bits per heavy atom. The first-order valence-electron chi connectivity index (χ1n) is 22.0. The standard InChI is InChI=1S/C53H56FN3O6S/c1-2-63-50(60)34-32-45(31-33-49(59)57-53(41-19-9-4-10-20-41,42-21-11-5-12-22-42)43-23-13-6-14-24-43)55-51(61)40(35-39-27-29-44(54)30-28-39)37-48(58)47(36-38-17-7-3-8-18-38)56-52(62)64-46-25-15-16-26-46/h3-14,17-24,27-30,32,34,40,45-47H,2,15-16,25-26,31,33,35-37H2,1H3,(H,55,61)(H,56,62)(H,57,59)/b34-32+/t40-,45+,47+/m1/s1. The van der Waals surface area contributed by atoms with Crippen LogP contribution < -0.4 is 16.0 Å². The molecule has 0 saturated heterocycles. The molecule has 6 rings (SSSR count). The Morgan fingerprint density at radius 2 is 1.25 bits per heavy atom. The zero-order valence-electron chi connectivity index (χ0n) is 36.1. The minimum atomic E-state index is -1.07. The monoisotopic (exact) mass is 881 g/mol. The molecule has 1 aliphatic rings. The van der Waals surface area contributed by atoms with E-state index in [-0.39, 0.29) is 60.9 Å². The van der Waals surface area contributed by atoms with Gasteiger partial charge in [0.25, 0.3) is 5.24 Å². The van der Waals surface area contributed by atoms with Gasteiger partial charge in [0.1, 0.15) is 11.4 Å². The van der Waals surface area contributed by atoms with E-state index >= 15 is 0 Å². The van der Waals surface area contributed by atoms with E-state index in [9.17, 15) is 28.4 Å². The summed E-state index contributed by atoms with van der Waals surface area (Å²) in [7, 11) is 0. The molecule has 332 valence electrons. The second-order valence-electron chi connectivity index (χ2n) is 16.1. The predicted molar refractivity (Wildman–Crippen MR) is 250 cm³/mol. The van der Waals surface area contributed by atoms with Crippen molar-refractivity contribution in [2.24, 2.45) is 5.92 Å². The third-order valence-corrected chi connectivity index (χ3v) is 12.6. The fourth-order valence-electron chi connectivity index (χ4n) is 8.22. The number of esters is 1. The highest BCUT2D eigenvalue weighted by Crippen LogP contribution is 2.37. The van der Waals surface area contributed by atoms with Gasteiger partial charge in [-0.25, -0.2) is 9.18 Å². The lowest BCUT2D eigenvalue weighted by Gasteiger charge is -2.37. The molecular formula is C53H56FN3O6S. The maximum Gasteiger partial charge on any atom is 0.330 e. The fourth-order valence-corrected chi connectivity index (χ4v) is 9.30. The first-order valence-corrected chi connectivity index (χ1v) is 22.9. The summed E-state index contributed by atoms with van der Waals surface area (Å²) in [5.74, 6) is -3.16. The molecular weight excluding hydrogens is 826 g/mol. The Bertz CT molecular complexity index is 2210. The van der Waals surface area contributed by atoms with Crippen LogP contribution in [0.3, 0.4) is 0 Å². The molecule has 9 nitrogen and oxygen atoms in total. The molecule has 0 heterocycles. The Hall–Kier alpha value is -6.33. The van der Waals surface area contributed by atoms with Gasteiger partial charge in [-0.15, -0.1) is 0 Å². The second-order valence-corrected chi connectivity index (χ2v) is 17.3. The van der Waals surface area contributed by atoms with Crippen molar-refractivity contribution in [1.82, 2.24) is 16.0 Å². The van der Waals surface area contributed by atoms with E-state index < -0.39 is 41.2 Å². The Balaban J connectivity index is 1.25. The van der Waals surface area contributed by atoms with Gasteiger partial charge in [-0.05, 0) is 79.0 Å². The van der Waals surface area contributed by atoms with E-state index in [1.165, 1.54) is 36.0 Å². The van der Waals surface area contributed by atoms with E-state index in [0.717, 1.165) is 47.9 Å². The van der Waals surface area contributed by atoms with Crippen LogP contribution in [0.25, 0.3) is 0 Å². The van der Waals surface area contributed by atoms with E-state index in [1.807, 2.05) is 121 Å². The lowest BCUT2D eigenvalue weighted by Crippen LogP contribution is -2.48. The van der Waals surface area contributed by atoms with E-state index in [0.29, 0.717) is 5.56 Å². The van der Waals surface area contributed by atoms with Gasteiger partial charge in [-0.3, -0.25) is 19.2 Å². The quantitative estimate of drug-likeness (QED) is 0.0381. The molecule has 11 heteroatoms. The summed E-state index contributed by atoms with van der Waals surface area (Å²) < 4.78 is 19.2. The molecule has 5 aromatic carbocycles.